The van der Waals surface area contributed by atoms with E-state index in [1.807, 2.05) is 6.92 Å². The maximum atomic E-state index is 12.6. The van der Waals surface area contributed by atoms with E-state index in [9.17, 15) is 13.2 Å². The van der Waals surface area contributed by atoms with Crippen molar-refractivity contribution in [3.63, 3.8) is 0 Å². The monoisotopic (exact) mass is 321 g/mol. The van der Waals surface area contributed by atoms with Crippen molar-refractivity contribution in [1.82, 2.24) is 19.9 Å². The third kappa shape index (κ3) is 3.25. The van der Waals surface area contributed by atoms with E-state index in [0.717, 1.165) is 17.7 Å². The third-order valence-electron chi connectivity index (χ3n) is 3.61. The highest BCUT2D eigenvalue weighted by molar-refractivity contribution is 5.81. The molecule has 2 heterocycles. The molecule has 0 spiro atoms. The van der Waals surface area contributed by atoms with Crippen LogP contribution < -0.4 is 5.32 Å². The SMILES string of the molecule is CC(CNc1ncnc2nc[nH]c12)c1ccc(C(F)(F)F)cc1. The predicted molar refractivity (Wildman–Crippen MR) is 80.0 cm³/mol. The number of aromatic amines is 1. The summed E-state index contributed by atoms with van der Waals surface area (Å²) in [5.41, 5.74) is 1.44. The molecule has 0 bridgehead atoms. The molecule has 23 heavy (non-hydrogen) atoms. The van der Waals surface area contributed by atoms with Crippen LogP contribution in [0.3, 0.4) is 0 Å². The molecule has 0 fully saturated rings. The highest BCUT2D eigenvalue weighted by atomic mass is 19.4. The van der Waals surface area contributed by atoms with Gasteiger partial charge >= 0.3 is 6.18 Å². The second kappa shape index (κ2) is 5.86. The van der Waals surface area contributed by atoms with Crippen LogP contribution in [0, 0.1) is 0 Å². The summed E-state index contributed by atoms with van der Waals surface area (Å²) in [5, 5.41) is 3.17. The van der Waals surface area contributed by atoms with Gasteiger partial charge in [-0.15, -0.1) is 0 Å². The Morgan fingerprint density at radius 3 is 2.57 bits per heavy atom. The molecule has 2 aromatic heterocycles. The van der Waals surface area contributed by atoms with Gasteiger partial charge in [-0.3, -0.25) is 0 Å². The van der Waals surface area contributed by atoms with Crippen LogP contribution in [0.15, 0.2) is 36.9 Å². The highest BCUT2D eigenvalue weighted by Gasteiger charge is 2.30. The van der Waals surface area contributed by atoms with Crippen molar-refractivity contribution in [3.05, 3.63) is 48.0 Å². The second-order valence-electron chi connectivity index (χ2n) is 5.23. The highest BCUT2D eigenvalue weighted by Crippen LogP contribution is 2.30. The lowest BCUT2D eigenvalue weighted by atomic mass is 9.99. The number of aromatic nitrogens is 4. The molecule has 1 aromatic carbocycles. The topological polar surface area (TPSA) is 66.5 Å². The molecular formula is C15H14F3N5. The van der Waals surface area contributed by atoms with Crippen LogP contribution in [0.25, 0.3) is 11.2 Å². The van der Waals surface area contributed by atoms with Gasteiger partial charge in [-0.05, 0) is 23.6 Å². The molecule has 1 atom stereocenters. The quantitative estimate of drug-likeness (QED) is 0.771. The number of hydrogen-bond donors (Lipinski definition) is 2. The first-order valence-electron chi connectivity index (χ1n) is 7.00. The summed E-state index contributed by atoms with van der Waals surface area (Å²) < 4.78 is 37.7. The molecule has 120 valence electrons. The van der Waals surface area contributed by atoms with Crippen LogP contribution in [0.1, 0.15) is 24.0 Å². The van der Waals surface area contributed by atoms with E-state index in [1.165, 1.54) is 24.8 Å². The first kappa shape index (κ1) is 15.3. The van der Waals surface area contributed by atoms with Crippen molar-refractivity contribution in [3.8, 4) is 0 Å². The molecule has 0 aliphatic carbocycles. The summed E-state index contributed by atoms with van der Waals surface area (Å²) in [6, 6.07) is 5.20. The second-order valence-corrected chi connectivity index (χ2v) is 5.23. The van der Waals surface area contributed by atoms with Gasteiger partial charge in [0.2, 0.25) is 0 Å². The van der Waals surface area contributed by atoms with E-state index in [2.05, 4.69) is 25.3 Å². The average Bonchev–Trinajstić information content (AvgIpc) is 3.01. The maximum absolute atomic E-state index is 12.6. The van der Waals surface area contributed by atoms with Crippen LogP contribution >= 0.6 is 0 Å². The lowest BCUT2D eigenvalue weighted by Crippen LogP contribution is -2.12. The Morgan fingerprint density at radius 1 is 1.13 bits per heavy atom. The fourth-order valence-electron chi connectivity index (χ4n) is 2.27. The number of fused-ring (bicyclic) bond motifs is 1. The Labute approximate surface area is 130 Å². The minimum absolute atomic E-state index is 0.0187. The number of alkyl halides is 3. The zero-order valence-electron chi connectivity index (χ0n) is 12.2. The Morgan fingerprint density at radius 2 is 1.87 bits per heavy atom. The Kier molecular flexibility index (Phi) is 3.89. The smallest absolute Gasteiger partial charge is 0.368 e. The third-order valence-corrected chi connectivity index (χ3v) is 3.61. The zero-order chi connectivity index (χ0) is 16.4. The van der Waals surface area contributed by atoms with Crippen molar-refractivity contribution in [2.75, 3.05) is 11.9 Å². The molecule has 0 amide bonds. The first-order chi connectivity index (χ1) is 10.9. The van der Waals surface area contributed by atoms with Crippen LogP contribution in [0.4, 0.5) is 19.0 Å². The molecule has 0 radical (unpaired) electrons. The standard InChI is InChI=1S/C15H14F3N5/c1-9(10-2-4-11(5-3-10)15(16,17)18)6-19-13-12-14(21-7-20-12)23-8-22-13/h2-5,7-9H,6H2,1H3,(H2,19,20,21,22,23). The summed E-state index contributed by atoms with van der Waals surface area (Å²) in [4.78, 5) is 15.2. The van der Waals surface area contributed by atoms with Crippen LogP contribution in [-0.4, -0.2) is 26.5 Å². The van der Waals surface area contributed by atoms with Crippen LogP contribution in [0.2, 0.25) is 0 Å². The summed E-state index contributed by atoms with van der Waals surface area (Å²) in [6.07, 6.45) is -1.37. The number of halogens is 3. The summed E-state index contributed by atoms with van der Waals surface area (Å²) in [5.74, 6) is 0.636. The summed E-state index contributed by atoms with van der Waals surface area (Å²) >= 11 is 0. The molecule has 3 aromatic rings. The van der Waals surface area contributed by atoms with Gasteiger partial charge in [0.05, 0.1) is 11.9 Å². The number of benzene rings is 1. The molecule has 1 unspecified atom stereocenters. The zero-order valence-corrected chi connectivity index (χ0v) is 12.2. The van der Waals surface area contributed by atoms with Crippen molar-refractivity contribution in [2.24, 2.45) is 0 Å². The van der Waals surface area contributed by atoms with Crippen molar-refractivity contribution >= 4 is 17.0 Å². The largest absolute Gasteiger partial charge is 0.416 e. The van der Waals surface area contributed by atoms with E-state index >= 15 is 0 Å². The molecule has 2 N–H and O–H groups in total. The van der Waals surface area contributed by atoms with Crippen LogP contribution in [0.5, 0.6) is 0 Å². The molecule has 0 saturated carbocycles. The number of rotatable bonds is 4. The Balaban J connectivity index is 1.70. The lowest BCUT2D eigenvalue weighted by Gasteiger charge is -2.15. The van der Waals surface area contributed by atoms with Crippen molar-refractivity contribution < 1.29 is 13.2 Å². The fourth-order valence-corrected chi connectivity index (χ4v) is 2.27. The maximum Gasteiger partial charge on any atom is 0.416 e. The van der Waals surface area contributed by atoms with E-state index < -0.39 is 11.7 Å². The van der Waals surface area contributed by atoms with E-state index in [-0.39, 0.29) is 5.92 Å². The molecule has 0 aliphatic rings. The number of hydrogen-bond acceptors (Lipinski definition) is 4. The van der Waals surface area contributed by atoms with Gasteiger partial charge in [0.25, 0.3) is 0 Å². The van der Waals surface area contributed by atoms with Gasteiger partial charge in [0.1, 0.15) is 11.8 Å². The number of nitrogens with zero attached hydrogens (tertiary/aromatic N) is 3. The fraction of sp³-hybridized carbons (Fsp3) is 0.267. The number of imidazole rings is 1. The normalized spacial score (nSPS) is 13.2. The van der Waals surface area contributed by atoms with E-state index in [1.54, 1.807) is 0 Å². The molecule has 5 nitrogen and oxygen atoms in total. The molecular weight excluding hydrogens is 307 g/mol. The van der Waals surface area contributed by atoms with Gasteiger partial charge in [-0.25, -0.2) is 15.0 Å². The van der Waals surface area contributed by atoms with Crippen molar-refractivity contribution in [2.45, 2.75) is 19.0 Å². The van der Waals surface area contributed by atoms with Gasteiger partial charge in [-0.1, -0.05) is 19.1 Å². The van der Waals surface area contributed by atoms with Gasteiger partial charge in [0.15, 0.2) is 11.5 Å². The van der Waals surface area contributed by atoms with Crippen LogP contribution in [-0.2, 0) is 6.18 Å². The number of H-pyrrole nitrogens is 1. The summed E-state index contributed by atoms with van der Waals surface area (Å²) in [7, 11) is 0. The Hall–Kier alpha value is -2.64. The molecule has 3 rings (SSSR count). The Bertz CT molecular complexity index is 795. The van der Waals surface area contributed by atoms with E-state index in [0.29, 0.717) is 23.5 Å². The summed E-state index contributed by atoms with van der Waals surface area (Å²) in [6.45, 7) is 2.46. The first-order valence-corrected chi connectivity index (χ1v) is 7.00. The molecule has 8 heteroatoms. The van der Waals surface area contributed by atoms with Gasteiger partial charge in [-0.2, -0.15) is 13.2 Å². The minimum atomic E-state index is -4.31. The average molecular weight is 321 g/mol. The minimum Gasteiger partial charge on any atom is -0.368 e. The molecule has 0 saturated heterocycles. The molecule has 0 aliphatic heterocycles. The van der Waals surface area contributed by atoms with E-state index in [4.69, 9.17) is 0 Å². The van der Waals surface area contributed by atoms with Gasteiger partial charge < -0.3 is 10.3 Å². The van der Waals surface area contributed by atoms with Gasteiger partial charge in [0, 0.05) is 6.54 Å². The predicted octanol–water partition coefficient (Wildman–Crippen LogP) is 3.59. The lowest BCUT2D eigenvalue weighted by molar-refractivity contribution is -0.137. The van der Waals surface area contributed by atoms with Crippen molar-refractivity contribution in [1.29, 1.82) is 0 Å². The number of nitrogens with one attached hydrogen (secondary N) is 2. The number of anilines is 1.